The number of hydrogen-bond acceptors (Lipinski definition) is 3. The molecule has 1 heterocycles. The van der Waals surface area contributed by atoms with Gasteiger partial charge in [0.1, 0.15) is 0 Å². The van der Waals surface area contributed by atoms with Gasteiger partial charge >= 0.3 is 0 Å². The lowest BCUT2D eigenvalue weighted by molar-refractivity contribution is 0.102. The van der Waals surface area contributed by atoms with Crippen LogP contribution in [0.1, 0.15) is 10.4 Å². The van der Waals surface area contributed by atoms with E-state index in [4.69, 9.17) is 0 Å². The molecule has 0 aliphatic carbocycles. The van der Waals surface area contributed by atoms with Crippen LogP contribution in [-0.2, 0) is 0 Å². The Labute approximate surface area is 129 Å². The van der Waals surface area contributed by atoms with Crippen molar-refractivity contribution in [2.45, 2.75) is 0 Å². The van der Waals surface area contributed by atoms with E-state index in [1.54, 1.807) is 12.3 Å². The Morgan fingerprint density at radius 2 is 1.86 bits per heavy atom. The summed E-state index contributed by atoms with van der Waals surface area (Å²) >= 11 is 0. The average Bonchev–Trinajstić information content (AvgIpc) is 2.55. The van der Waals surface area contributed by atoms with Crippen LogP contribution in [0.2, 0.25) is 0 Å². The first-order valence-corrected chi connectivity index (χ1v) is 7.07. The van der Waals surface area contributed by atoms with E-state index < -0.39 is 0 Å². The van der Waals surface area contributed by atoms with E-state index in [-0.39, 0.29) is 5.91 Å². The zero-order valence-electron chi connectivity index (χ0n) is 12.6. The Kier molecular flexibility index (Phi) is 3.74. The molecule has 3 rings (SSSR count). The number of anilines is 2. The van der Waals surface area contributed by atoms with Crippen LogP contribution in [0.4, 0.5) is 11.4 Å². The number of fused-ring (bicyclic) bond motifs is 1. The maximum Gasteiger partial charge on any atom is 0.255 e. The fraction of sp³-hybridized carbons (Fsp3) is 0.111. The number of nitrogens with zero attached hydrogens (tertiary/aromatic N) is 2. The van der Waals surface area contributed by atoms with Crippen LogP contribution < -0.4 is 10.2 Å². The van der Waals surface area contributed by atoms with Crippen molar-refractivity contribution in [1.29, 1.82) is 0 Å². The van der Waals surface area contributed by atoms with Gasteiger partial charge in [0.05, 0.1) is 17.4 Å². The molecule has 0 bridgehead atoms. The van der Waals surface area contributed by atoms with Crippen molar-refractivity contribution in [2.24, 2.45) is 0 Å². The normalized spacial score (nSPS) is 10.5. The molecule has 0 aliphatic rings. The van der Waals surface area contributed by atoms with E-state index >= 15 is 0 Å². The summed E-state index contributed by atoms with van der Waals surface area (Å²) in [5, 5.41) is 3.90. The van der Waals surface area contributed by atoms with Crippen LogP contribution in [0.3, 0.4) is 0 Å². The van der Waals surface area contributed by atoms with Crippen molar-refractivity contribution >= 4 is 28.2 Å². The van der Waals surface area contributed by atoms with E-state index in [0.717, 1.165) is 16.6 Å². The number of carbonyl (C=O) groups excluding carboxylic acids is 1. The van der Waals surface area contributed by atoms with E-state index in [9.17, 15) is 4.79 Å². The second-order valence-corrected chi connectivity index (χ2v) is 5.32. The Morgan fingerprint density at radius 1 is 1.05 bits per heavy atom. The molecule has 22 heavy (non-hydrogen) atoms. The van der Waals surface area contributed by atoms with Crippen LogP contribution in [-0.4, -0.2) is 25.0 Å². The summed E-state index contributed by atoms with van der Waals surface area (Å²) in [6, 6.07) is 17.3. The molecule has 0 atom stereocenters. The van der Waals surface area contributed by atoms with Gasteiger partial charge in [-0.2, -0.15) is 0 Å². The lowest BCUT2D eigenvalue weighted by Gasteiger charge is -2.13. The van der Waals surface area contributed by atoms with E-state index in [1.165, 1.54) is 0 Å². The fourth-order valence-corrected chi connectivity index (χ4v) is 2.27. The van der Waals surface area contributed by atoms with Gasteiger partial charge < -0.3 is 10.2 Å². The SMILES string of the molecule is CN(C)c1cccc(C(=O)Nc2cnc3ccccc3c2)c1. The number of carbonyl (C=O) groups is 1. The molecule has 4 heteroatoms. The number of benzene rings is 2. The Bertz CT molecular complexity index is 827. The average molecular weight is 291 g/mol. The van der Waals surface area contributed by atoms with Crippen LogP contribution in [0, 0.1) is 0 Å². The highest BCUT2D eigenvalue weighted by Crippen LogP contribution is 2.18. The van der Waals surface area contributed by atoms with Crippen LogP contribution in [0.5, 0.6) is 0 Å². The van der Waals surface area contributed by atoms with Crippen molar-refractivity contribution in [1.82, 2.24) is 4.98 Å². The van der Waals surface area contributed by atoms with Crippen molar-refractivity contribution in [2.75, 3.05) is 24.3 Å². The largest absolute Gasteiger partial charge is 0.378 e. The van der Waals surface area contributed by atoms with E-state index in [0.29, 0.717) is 11.3 Å². The number of rotatable bonds is 3. The van der Waals surface area contributed by atoms with Gasteiger partial charge in [0.2, 0.25) is 0 Å². The molecular weight excluding hydrogens is 274 g/mol. The fourth-order valence-electron chi connectivity index (χ4n) is 2.27. The van der Waals surface area contributed by atoms with Gasteiger partial charge in [0, 0.05) is 30.7 Å². The molecule has 0 fully saturated rings. The van der Waals surface area contributed by atoms with E-state index in [2.05, 4.69) is 10.3 Å². The number of amides is 1. The van der Waals surface area contributed by atoms with Gasteiger partial charge in [0.25, 0.3) is 5.91 Å². The second-order valence-electron chi connectivity index (χ2n) is 5.32. The molecule has 1 aromatic heterocycles. The van der Waals surface area contributed by atoms with Gasteiger partial charge in [-0.05, 0) is 30.3 Å². The molecule has 110 valence electrons. The molecule has 0 radical (unpaired) electrons. The minimum Gasteiger partial charge on any atom is -0.378 e. The first-order chi connectivity index (χ1) is 10.6. The van der Waals surface area contributed by atoms with Crippen molar-refractivity contribution in [3.63, 3.8) is 0 Å². The molecule has 0 aliphatic heterocycles. The zero-order chi connectivity index (χ0) is 15.5. The van der Waals surface area contributed by atoms with Crippen molar-refractivity contribution < 1.29 is 4.79 Å². The molecule has 0 saturated carbocycles. The lowest BCUT2D eigenvalue weighted by Crippen LogP contribution is -2.14. The predicted molar refractivity (Wildman–Crippen MR) is 90.5 cm³/mol. The van der Waals surface area contributed by atoms with Gasteiger partial charge in [-0.3, -0.25) is 9.78 Å². The van der Waals surface area contributed by atoms with Crippen molar-refractivity contribution in [3.8, 4) is 0 Å². The molecule has 2 aromatic carbocycles. The number of aromatic nitrogens is 1. The molecule has 4 nitrogen and oxygen atoms in total. The topological polar surface area (TPSA) is 45.2 Å². The molecule has 1 N–H and O–H groups in total. The highest BCUT2D eigenvalue weighted by atomic mass is 16.1. The Balaban J connectivity index is 1.84. The monoisotopic (exact) mass is 291 g/mol. The van der Waals surface area contributed by atoms with Gasteiger partial charge in [-0.1, -0.05) is 24.3 Å². The van der Waals surface area contributed by atoms with Crippen LogP contribution in [0.15, 0.2) is 60.8 Å². The number of nitrogens with one attached hydrogen (secondary N) is 1. The number of pyridine rings is 1. The van der Waals surface area contributed by atoms with E-state index in [1.807, 2.05) is 67.5 Å². The van der Waals surface area contributed by atoms with Gasteiger partial charge in [-0.25, -0.2) is 0 Å². The molecule has 0 unspecified atom stereocenters. The summed E-state index contributed by atoms with van der Waals surface area (Å²) in [5.74, 6) is -0.138. The van der Waals surface area contributed by atoms with Crippen LogP contribution in [0.25, 0.3) is 10.9 Å². The second kappa shape index (κ2) is 5.85. The summed E-state index contributed by atoms with van der Waals surface area (Å²) < 4.78 is 0. The lowest BCUT2D eigenvalue weighted by atomic mass is 10.1. The molecular formula is C18H17N3O. The smallest absolute Gasteiger partial charge is 0.255 e. The third-order valence-corrected chi connectivity index (χ3v) is 3.47. The summed E-state index contributed by atoms with van der Waals surface area (Å²) in [6.45, 7) is 0. The van der Waals surface area contributed by atoms with Gasteiger partial charge in [-0.15, -0.1) is 0 Å². The van der Waals surface area contributed by atoms with Crippen molar-refractivity contribution in [3.05, 3.63) is 66.4 Å². The Morgan fingerprint density at radius 3 is 2.68 bits per heavy atom. The summed E-state index contributed by atoms with van der Waals surface area (Å²) in [5.41, 5.74) is 3.22. The molecule has 0 spiro atoms. The number of hydrogen-bond donors (Lipinski definition) is 1. The molecule has 1 amide bonds. The highest BCUT2D eigenvalue weighted by molar-refractivity contribution is 6.05. The molecule has 3 aromatic rings. The Hall–Kier alpha value is -2.88. The first-order valence-electron chi connectivity index (χ1n) is 7.07. The van der Waals surface area contributed by atoms with Gasteiger partial charge in [0.15, 0.2) is 0 Å². The minimum atomic E-state index is -0.138. The third-order valence-electron chi connectivity index (χ3n) is 3.47. The summed E-state index contributed by atoms with van der Waals surface area (Å²) in [7, 11) is 3.90. The summed E-state index contributed by atoms with van der Waals surface area (Å²) in [4.78, 5) is 18.7. The maximum atomic E-state index is 12.4. The predicted octanol–water partition coefficient (Wildman–Crippen LogP) is 3.55. The quantitative estimate of drug-likeness (QED) is 0.802. The maximum absolute atomic E-state index is 12.4. The molecule has 0 saturated heterocycles. The third kappa shape index (κ3) is 2.91. The highest BCUT2D eigenvalue weighted by Gasteiger charge is 2.08. The van der Waals surface area contributed by atoms with Crippen LogP contribution >= 0.6 is 0 Å². The first kappa shape index (κ1) is 14.1. The summed E-state index contributed by atoms with van der Waals surface area (Å²) in [6.07, 6.45) is 1.68. The zero-order valence-corrected chi connectivity index (χ0v) is 12.6. The standard InChI is InChI=1S/C18H17N3O/c1-21(2)16-8-5-7-14(11-16)18(22)20-15-10-13-6-3-4-9-17(13)19-12-15/h3-12H,1-2H3,(H,20,22). The number of para-hydroxylation sites is 1. The minimum absolute atomic E-state index is 0.138.